The summed E-state index contributed by atoms with van der Waals surface area (Å²) >= 11 is 1.45. The Morgan fingerprint density at radius 2 is 2.09 bits per heavy atom. The minimum absolute atomic E-state index is 0.109. The van der Waals surface area contributed by atoms with Gasteiger partial charge in [0.05, 0.1) is 11.9 Å². The van der Waals surface area contributed by atoms with Crippen molar-refractivity contribution in [2.24, 2.45) is 0 Å². The summed E-state index contributed by atoms with van der Waals surface area (Å²) in [6.45, 7) is 1.65. The summed E-state index contributed by atoms with van der Waals surface area (Å²) in [7, 11) is 1.92. The molecule has 120 valence electrons. The molecule has 23 heavy (non-hydrogen) atoms. The van der Waals surface area contributed by atoms with Crippen LogP contribution in [0.4, 0.5) is 4.39 Å². The lowest BCUT2D eigenvalue weighted by molar-refractivity contribution is 0.229. The van der Waals surface area contributed by atoms with Gasteiger partial charge in [0.25, 0.3) is 5.56 Å². The number of halogens is 1. The second-order valence-corrected chi connectivity index (χ2v) is 6.09. The molecule has 7 heteroatoms. The quantitative estimate of drug-likeness (QED) is 0.753. The predicted octanol–water partition coefficient (Wildman–Crippen LogP) is 2.63. The monoisotopic (exact) mass is 333 g/mol. The van der Waals surface area contributed by atoms with Crippen molar-refractivity contribution in [1.29, 1.82) is 0 Å². The molecular formula is C16H16FN3O2S. The standard InChI is InChI=1S/C16H16FN3O2S/c1-20(7-8-22-12-4-2-11(17)3-5-12)10-14-18-15(21)13-6-9-23-16(13)19-14/h2-6,9H,7-8,10H2,1H3,(H,18,19,21). The fourth-order valence-corrected chi connectivity index (χ4v) is 2.95. The molecule has 0 aliphatic carbocycles. The highest BCUT2D eigenvalue weighted by atomic mass is 32.1. The molecule has 0 bridgehead atoms. The molecule has 0 unspecified atom stereocenters. The van der Waals surface area contributed by atoms with Crippen molar-refractivity contribution in [2.75, 3.05) is 20.2 Å². The highest BCUT2D eigenvalue weighted by Crippen LogP contribution is 2.14. The van der Waals surface area contributed by atoms with Gasteiger partial charge in [0.15, 0.2) is 0 Å². The molecule has 0 fully saturated rings. The molecule has 2 heterocycles. The number of benzene rings is 1. The normalized spacial score (nSPS) is 11.3. The van der Waals surface area contributed by atoms with Crippen molar-refractivity contribution in [2.45, 2.75) is 6.54 Å². The number of aromatic nitrogens is 2. The molecule has 0 saturated carbocycles. The van der Waals surface area contributed by atoms with Crippen LogP contribution in [0.3, 0.4) is 0 Å². The summed E-state index contributed by atoms with van der Waals surface area (Å²) < 4.78 is 18.4. The fraction of sp³-hybridized carbons (Fsp3) is 0.250. The molecule has 0 atom stereocenters. The van der Waals surface area contributed by atoms with Crippen LogP contribution in [0.5, 0.6) is 5.75 Å². The number of aromatic amines is 1. The van der Waals surface area contributed by atoms with Gasteiger partial charge < -0.3 is 9.72 Å². The largest absolute Gasteiger partial charge is 0.492 e. The number of hydrogen-bond donors (Lipinski definition) is 1. The van der Waals surface area contributed by atoms with Gasteiger partial charge in [0.1, 0.15) is 28.8 Å². The van der Waals surface area contributed by atoms with Gasteiger partial charge in [-0.1, -0.05) is 0 Å². The summed E-state index contributed by atoms with van der Waals surface area (Å²) in [5.41, 5.74) is -0.109. The Morgan fingerprint density at radius 3 is 2.87 bits per heavy atom. The van der Waals surface area contributed by atoms with E-state index in [-0.39, 0.29) is 11.4 Å². The molecule has 0 amide bonds. The zero-order valence-corrected chi connectivity index (χ0v) is 13.4. The lowest BCUT2D eigenvalue weighted by Gasteiger charge is -2.16. The third kappa shape index (κ3) is 3.94. The second kappa shape index (κ2) is 6.89. The first-order valence-corrected chi connectivity index (χ1v) is 8.03. The van der Waals surface area contributed by atoms with Crippen molar-refractivity contribution in [3.63, 3.8) is 0 Å². The van der Waals surface area contributed by atoms with Crippen molar-refractivity contribution in [1.82, 2.24) is 14.9 Å². The molecule has 0 aliphatic heterocycles. The zero-order chi connectivity index (χ0) is 16.2. The van der Waals surface area contributed by atoms with Gasteiger partial charge in [-0.05, 0) is 42.8 Å². The SMILES string of the molecule is CN(CCOc1ccc(F)cc1)Cc1nc2sccc2c(=O)[nH]1. The Hall–Kier alpha value is -2.25. The Bertz CT molecular complexity index is 844. The number of nitrogens with zero attached hydrogens (tertiary/aromatic N) is 2. The van der Waals surface area contributed by atoms with E-state index in [4.69, 9.17) is 4.74 Å². The van der Waals surface area contributed by atoms with Gasteiger partial charge in [-0.2, -0.15) is 0 Å². The first kappa shape index (κ1) is 15.6. The topological polar surface area (TPSA) is 58.2 Å². The van der Waals surface area contributed by atoms with Gasteiger partial charge >= 0.3 is 0 Å². The van der Waals surface area contributed by atoms with Gasteiger partial charge in [-0.3, -0.25) is 9.69 Å². The summed E-state index contributed by atoms with van der Waals surface area (Å²) in [6.07, 6.45) is 0. The Kier molecular flexibility index (Phi) is 4.68. The van der Waals surface area contributed by atoms with E-state index in [0.717, 1.165) is 4.83 Å². The average molecular weight is 333 g/mol. The number of thiophene rings is 1. The maximum atomic E-state index is 12.8. The first-order chi connectivity index (χ1) is 11.1. The summed E-state index contributed by atoms with van der Waals surface area (Å²) in [5.74, 6) is 0.981. The van der Waals surface area contributed by atoms with Crippen LogP contribution in [0.1, 0.15) is 5.82 Å². The van der Waals surface area contributed by atoms with Gasteiger partial charge in [0.2, 0.25) is 0 Å². The molecule has 0 radical (unpaired) electrons. The number of ether oxygens (including phenoxy) is 1. The molecule has 0 saturated heterocycles. The van der Waals surface area contributed by atoms with Crippen LogP contribution < -0.4 is 10.3 Å². The number of likely N-dealkylation sites (N-methyl/N-ethyl adjacent to an activating group) is 1. The number of H-pyrrole nitrogens is 1. The van der Waals surface area contributed by atoms with Crippen molar-refractivity contribution < 1.29 is 9.13 Å². The minimum atomic E-state index is -0.284. The zero-order valence-electron chi connectivity index (χ0n) is 12.6. The Labute approximate surface area is 136 Å². The maximum absolute atomic E-state index is 12.8. The van der Waals surface area contributed by atoms with E-state index in [1.807, 2.05) is 17.3 Å². The third-order valence-corrected chi connectivity index (χ3v) is 4.17. The van der Waals surface area contributed by atoms with Gasteiger partial charge in [0, 0.05) is 6.54 Å². The molecule has 1 aromatic carbocycles. The van der Waals surface area contributed by atoms with Crippen LogP contribution in [-0.2, 0) is 6.54 Å². The van der Waals surface area contributed by atoms with E-state index in [1.54, 1.807) is 18.2 Å². The van der Waals surface area contributed by atoms with Crippen LogP contribution in [0.15, 0.2) is 40.5 Å². The van der Waals surface area contributed by atoms with E-state index in [2.05, 4.69) is 9.97 Å². The van der Waals surface area contributed by atoms with Crippen LogP contribution in [0, 0.1) is 5.82 Å². The molecule has 1 N–H and O–H groups in total. The summed E-state index contributed by atoms with van der Waals surface area (Å²) in [4.78, 5) is 21.9. The van der Waals surface area contributed by atoms with Gasteiger partial charge in [-0.15, -0.1) is 11.3 Å². The smallest absolute Gasteiger partial charge is 0.259 e. The van der Waals surface area contributed by atoms with Crippen LogP contribution in [0.2, 0.25) is 0 Å². The van der Waals surface area contributed by atoms with E-state index in [1.165, 1.54) is 23.5 Å². The molecule has 2 aromatic heterocycles. The number of rotatable bonds is 6. The van der Waals surface area contributed by atoms with Crippen LogP contribution in [0.25, 0.3) is 10.2 Å². The highest BCUT2D eigenvalue weighted by molar-refractivity contribution is 7.16. The highest BCUT2D eigenvalue weighted by Gasteiger charge is 2.07. The summed E-state index contributed by atoms with van der Waals surface area (Å²) in [5, 5.41) is 2.48. The molecule has 0 spiro atoms. The molecule has 5 nitrogen and oxygen atoms in total. The Balaban J connectivity index is 1.54. The van der Waals surface area contributed by atoms with Crippen molar-refractivity contribution in [3.05, 3.63) is 57.7 Å². The molecule has 3 rings (SSSR count). The minimum Gasteiger partial charge on any atom is -0.492 e. The first-order valence-electron chi connectivity index (χ1n) is 7.15. The molecule has 3 aromatic rings. The lowest BCUT2D eigenvalue weighted by atomic mass is 10.3. The third-order valence-electron chi connectivity index (χ3n) is 3.36. The fourth-order valence-electron chi connectivity index (χ4n) is 2.17. The Morgan fingerprint density at radius 1 is 1.30 bits per heavy atom. The van der Waals surface area contributed by atoms with Crippen molar-refractivity contribution in [3.8, 4) is 5.75 Å². The van der Waals surface area contributed by atoms with Gasteiger partial charge in [-0.25, -0.2) is 9.37 Å². The van der Waals surface area contributed by atoms with Crippen LogP contribution in [-0.4, -0.2) is 35.1 Å². The van der Waals surface area contributed by atoms with E-state index in [9.17, 15) is 9.18 Å². The van der Waals surface area contributed by atoms with Crippen LogP contribution >= 0.6 is 11.3 Å². The number of hydrogen-bond acceptors (Lipinski definition) is 5. The van der Waals surface area contributed by atoms with E-state index in [0.29, 0.717) is 36.7 Å². The van der Waals surface area contributed by atoms with E-state index < -0.39 is 0 Å². The summed E-state index contributed by atoms with van der Waals surface area (Å²) in [6, 6.07) is 7.70. The lowest BCUT2D eigenvalue weighted by Crippen LogP contribution is -2.26. The average Bonchev–Trinajstić information content (AvgIpc) is 2.98. The second-order valence-electron chi connectivity index (χ2n) is 5.19. The molecule has 0 aliphatic rings. The number of fused-ring (bicyclic) bond motifs is 1. The predicted molar refractivity (Wildman–Crippen MR) is 88.5 cm³/mol. The maximum Gasteiger partial charge on any atom is 0.259 e. The number of nitrogens with one attached hydrogen (secondary N) is 1. The van der Waals surface area contributed by atoms with E-state index >= 15 is 0 Å². The molecular weight excluding hydrogens is 317 g/mol. The van der Waals surface area contributed by atoms with Crippen molar-refractivity contribution >= 4 is 21.6 Å².